The van der Waals surface area contributed by atoms with E-state index in [-0.39, 0.29) is 24.7 Å². The molecule has 0 aliphatic carbocycles. The van der Waals surface area contributed by atoms with Gasteiger partial charge in [-0.05, 0) is 37.1 Å². The van der Waals surface area contributed by atoms with Crippen LogP contribution in [0.5, 0.6) is 5.75 Å². The molecule has 2 aromatic carbocycles. The second-order valence-electron chi connectivity index (χ2n) is 8.49. The number of benzene rings is 2. The molecule has 2 heterocycles. The number of aryl methyl sites for hydroxylation is 1. The Bertz CT molecular complexity index is 1250. The average molecular weight is 499 g/mol. The minimum Gasteiger partial charge on any atom is -0.483 e. The second kappa shape index (κ2) is 12.4. The van der Waals surface area contributed by atoms with E-state index in [1.54, 1.807) is 17.2 Å². The molecular weight excluding hydrogens is 468 g/mol. The number of nitrogens with one attached hydrogen (secondary N) is 1. The first-order valence-corrected chi connectivity index (χ1v) is 12.3. The maximum atomic E-state index is 13.1. The minimum atomic E-state index is -2.61. The zero-order valence-electron chi connectivity index (χ0n) is 19.8. The van der Waals surface area contributed by atoms with Crippen LogP contribution in [0.15, 0.2) is 60.8 Å². The number of nitrogens with zero attached hydrogens (tertiary/aromatic N) is 3. The summed E-state index contributed by atoms with van der Waals surface area (Å²) in [4.78, 5) is 21.4. The molecular formula is C25H30N4O5S. The number of carbonyl (C=O) groups is 1. The monoisotopic (exact) mass is 498 g/mol. The van der Waals surface area contributed by atoms with Crippen LogP contribution in [-0.2, 0) is 15.3 Å². The zero-order valence-corrected chi connectivity index (χ0v) is 20.6. The number of likely N-dealkylation sites (tertiary alicyclic amines) is 1. The van der Waals surface area contributed by atoms with Crippen LogP contribution in [0.3, 0.4) is 0 Å². The van der Waals surface area contributed by atoms with Gasteiger partial charge in [-0.25, -0.2) is 0 Å². The third-order valence-electron chi connectivity index (χ3n) is 5.93. The van der Waals surface area contributed by atoms with E-state index >= 15 is 0 Å². The lowest BCUT2D eigenvalue weighted by atomic mass is 10.0. The zero-order chi connectivity index (χ0) is 25.4. The summed E-state index contributed by atoms with van der Waals surface area (Å²) in [6, 6.07) is 17.7. The lowest BCUT2D eigenvalue weighted by Crippen LogP contribution is -2.40. The van der Waals surface area contributed by atoms with Gasteiger partial charge in [-0.1, -0.05) is 42.0 Å². The first-order valence-electron chi connectivity index (χ1n) is 11.2. The molecule has 1 aromatic heterocycles. The first-order chi connectivity index (χ1) is 16.7. The molecule has 0 radical (unpaired) electrons. The Morgan fingerprint density at radius 1 is 1.26 bits per heavy atom. The third kappa shape index (κ3) is 7.57. The summed E-state index contributed by atoms with van der Waals surface area (Å²) in [5, 5.41) is 10.8. The van der Waals surface area contributed by atoms with E-state index in [0.717, 1.165) is 35.0 Å². The number of likely N-dealkylation sites (N-methyl/N-ethyl adjacent to an activating group) is 1. The quantitative estimate of drug-likeness (QED) is 0.513. The van der Waals surface area contributed by atoms with E-state index in [9.17, 15) is 9.90 Å². The summed E-state index contributed by atoms with van der Waals surface area (Å²) < 4.78 is 28.8. The van der Waals surface area contributed by atoms with E-state index in [0.29, 0.717) is 18.8 Å². The summed E-state index contributed by atoms with van der Waals surface area (Å²) in [5.41, 5.74) is 3.04. The van der Waals surface area contributed by atoms with Gasteiger partial charge in [-0.15, -0.1) is 0 Å². The van der Waals surface area contributed by atoms with Crippen LogP contribution in [0, 0.1) is 11.7 Å². The highest BCUT2D eigenvalue weighted by molar-refractivity contribution is 7.60. The predicted octanol–water partition coefficient (Wildman–Crippen LogP) is 2.82. The standard InChI is InChI=1S/C25H29N3O3.HNO2S/c1-18-8-9-22-21(14-18)24(10-12-26-22)31-17-25(30)27(2)23(19-6-4-3-5-7-19)16-28-13-11-20(29)15-28;1-4(2)3/h3-10,12,14,20,23,29H,11,13,15-17H2,1-2H3;1H/t20-,23?;/m0./s1. The number of fused-ring (bicyclic) bond motifs is 1. The largest absolute Gasteiger partial charge is 0.483 e. The number of aromatic nitrogens is 1. The van der Waals surface area contributed by atoms with Crippen LogP contribution in [0.25, 0.3) is 10.9 Å². The fraction of sp³-hybridized carbons (Fsp3) is 0.360. The highest BCUT2D eigenvalue weighted by Crippen LogP contribution is 2.26. The fourth-order valence-electron chi connectivity index (χ4n) is 4.13. The third-order valence-corrected chi connectivity index (χ3v) is 5.93. The van der Waals surface area contributed by atoms with E-state index in [4.69, 9.17) is 17.9 Å². The van der Waals surface area contributed by atoms with Gasteiger partial charge in [0.15, 0.2) is 6.61 Å². The summed E-state index contributed by atoms with van der Waals surface area (Å²) in [6.45, 7) is 4.14. The van der Waals surface area contributed by atoms with Gasteiger partial charge in [0, 0.05) is 38.3 Å². The van der Waals surface area contributed by atoms with Crippen LogP contribution in [0.4, 0.5) is 0 Å². The molecule has 1 amide bonds. The van der Waals surface area contributed by atoms with Gasteiger partial charge in [-0.2, -0.15) is 13.2 Å². The molecule has 186 valence electrons. The molecule has 1 aliphatic rings. The van der Waals surface area contributed by atoms with Crippen LogP contribution in [-0.4, -0.2) is 73.6 Å². The van der Waals surface area contributed by atoms with Crippen molar-refractivity contribution >= 4 is 27.3 Å². The topological polar surface area (TPSA) is 124 Å². The molecule has 3 aromatic rings. The van der Waals surface area contributed by atoms with Crippen molar-refractivity contribution in [3.63, 3.8) is 0 Å². The maximum Gasteiger partial charge on any atom is 0.308 e. The van der Waals surface area contributed by atoms with Gasteiger partial charge in [0.25, 0.3) is 5.91 Å². The Balaban J connectivity index is 0.000000795. The van der Waals surface area contributed by atoms with E-state index in [2.05, 4.69) is 9.88 Å². The van der Waals surface area contributed by atoms with Crippen molar-refractivity contribution in [1.29, 1.82) is 4.78 Å². The van der Waals surface area contributed by atoms with Crippen LogP contribution in [0.2, 0.25) is 0 Å². The number of aliphatic hydroxyl groups excluding tert-OH is 1. The van der Waals surface area contributed by atoms with Crippen molar-refractivity contribution in [2.45, 2.75) is 25.5 Å². The first kappa shape index (κ1) is 26.3. The minimum absolute atomic E-state index is 0.0461. The molecule has 10 heteroatoms. The van der Waals surface area contributed by atoms with Crippen molar-refractivity contribution in [3.05, 3.63) is 71.9 Å². The molecule has 4 rings (SSSR count). The maximum absolute atomic E-state index is 13.1. The van der Waals surface area contributed by atoms with Gasteiger partial charge in [0.1, 0.15) is 5.75 Å². The molecule has 1 saturated heterocycles. The molecule has 2 N–H and O–H groups in total. The summed E-state index contributed by atoms with van der Waals surface area (Å²) in [6.07, 6.45) is 2.19. The number of hydrogen-bond donors (Lipinski definition) is 2. The molecule has 2 atom stereocenters. The summed E-state index contributed by atoms with van der Waals surface area (Å²) in [7, 11) is -0.787. The predicted molar refractivity (Wildman–Crippen MR) is 133 cm³/mol. The molecule has 35 heavy (non-hydrogen) atoms. The molecule has 1 aliphatic heterocycles. The van der Waals surface area contributed by atoms with E-state index < -0.39 is 10.5 Å². The summed E-state index contributed by atoms with van der Waals surface area (Å²) in [5.74, 6) is 0.570. The molecule has 1 fully saturated rings. The number of ether oxygens (including phenoxy) is 1. The highest BCUT2D eigenvalue weighted by atomic mass is 32.2. The Morgan fingerprint density at radius 2 is 1.97 bits per heavy atom. The number of rotatable bonds is 7. The van der Waals surface area contributed by atoms with Gasteiger partial charge >= 0.3 is 10.5 Å². The second-order valence-corrected chi connectivity index (χ2v) is 8.96. The average Bonchev–Trinajstić information content (AvgIpc) is 3.25. The SMILES string of the molecule is Cc1ccc2nccc(OCC(=O)N(C)C(CN3CC[C@H](O)C3)c3ccccc3)c2c1.N=S(=O)=O. The number of aliphatic hydroxyl groups is 1. The van der Waals surface area contributed by atoms with Crippen molar-refractivity contribution in [1.82, 2.24) is 14.8 Å². The number of pyridine rings is 1. The molecule has 9 nitrogen and oxygen atoms in total. The van der Waals surface area contributed by atoms with Crippen molar-refractivity contribution < 1.29 is 23.1 Å². The normalized spacial score (nSPS) is 16.3. The van der Waals surface area contributed by atoms with E-state index in [1.165, 1.54) is 0 Å². The fourth-order valence-corrected chi connectivity index (χ4v) is 4.13. The Hall–Kier alpha value is -3.34. The number of amides is 1. The molecule has 1 unspecified atom stereocenters. The van der Waals surface area contributed by atoms with Crippen molar-refractivity contribution in [2.75, 3.05) is 33.3 Å². The van der Waals surface area contributed by atoms with Gasteiger partial charge in [0.2, 0.25) is 0 Å². The number of carbonyl (C=O) groups excluding carboxylic acids is 1. The number of hydrogen-bond acceptors (Lipinski definition) is 8. The van der Waals surface area contributed by atoms with Gasteiger partial charge in [0.05, 0.1) is 17.7 Å². The van der Waals surface area contributed by atoms with Crippen LogP contribution in [0.1, 0.15) is 23.6 Å². The Kier molecular flexibility index (Phi) is 9.30. The van der Waals surface area contributed by atoms with Gasteiger partial charge < -0.3 is 14.7 Å². The molecule has 0 spiro atoms. The van der Waals surface area contributed by atoms with Gasteiger partial charge in [-0.3, -0.25) is 14.7 Å². The lowest BCUT2D eigenvalue weighted by Gasteiger charge is -2.32. The summed E-state index contributed by atoms with van der Waals surface area (Å²) >= 11 is 0. The van der Waals surface area contributed by atoms with Crippen LogP contribution < -0.4 is 4.74 Å². The highest BCUT2D eigenvalue weighted by Gasteiger charge is 2.28. The molecule has 0 saturated carbocycles. The Morgan fingerprint density at radius 3 is 2.63 bits per heavy atom. The van der Waals surface area contributed by atoms with Crippen LogP contribution >= 0.6 is 0 Å². The Labute approximate surface area is 206 Å². The molecule has 0 bridgehead atoms. The number of β-amino-alcohol motifs (C(OH)–C–C–N with tert-alkyl or cyclic N) is 1. The lowest BCUT2D eigenvalue weighted by molar-refractivity contribution is -0.134. The van der Waals surface area contributed by atoms with E-state index in [1.807, 2.05) is 62.5 Å². The van der Waals surface area contributed by atoms with Crippen molar-refractivity contribution in [2.24, 2.45) is 0 Å². The van der Waals surface area contributed by atoms with Crippen molar-refractivity contribution in [3.8, 4) is 5.75 Å². The smallest absolute Gasteiger partial charge is 0.308 e.